The second kappa shape index (κ2) is 5.28. The highest BCUT2D eigenvalue weighted by Crippen LogP contribution is 2.42. The molecule has 0 aromatic heterocycles. The minimum atomic E-state index is -1.19. The van der Waals surface area contributed by atoms with E-state index in [-0.39, 0.29) is 5.78 Å². The highest BCUT2D eigenvalue weighted by atomic mass is 16.3. The van der Waals surface area contributed by atoms with Crippen LogP contribution in [0.1, 0.15) is 46.5 Å². The Morgan fingerprint density at radius 3 is 2.25 bits per heavy atom. The Morgan fingerprint density at radius 1 is 1.38 bits per heavy atom. The minimum absolute atomic E-state index is 0.183. The molecule has 0 bridgehead atoms. The van der Waals surface area contributed by atoms with E-state index in [2.05, 4.69) is 13.8 Å². The number of hydrogen-bond acceptors (Lipinski definition) is 3. The van der Waals surface area contributed by atoms with Crippen LogP contribution in [-0.4, -0.2) is 28.7 Å². The summed E-state index contributed by atoms with van der Waals surface area (Å²) < 4.78 is 0. The maximum Gasteiger partial charge on any atom is 0.169 e. The first-order chi connectivity index (χ1) is 7.40. The van der Waals surface area contributed by atoms with Gasteiger partial charge in [0.05, 0.1) is 6.61 Å². The first-order valence-electron chi connectivity index (χ1n) is 6.24. The standard InChI is InChI=1S/C13H24O3/c1-9(2)10-4-6-13(3,7-5-10)12(16)11(15)8-14/h9-11,14-15H,4-8H2,1-3H3. The number of carbonyl (C=O) groups excluding carboxylic acids is 1. The van der Waals surface area contributed by atoms with E-state index in [1.54, 1.807) is 0 Å². The van der Waals surface area contributed by atoms with Crippen molar-refractivity contribution in [2.75, 3.05) is 6.61 Å². The zero-order valence-electron chi connectivity index (χ0n) is 10.6. The van der Waals surface area contributed by atoms with Crippen LogP contribution in [0.2, 0.25) is 0 Å². The van der Waals surface area contributed by atoms with E-state index >= 15 is 0 Å². The summed E-state index contributed by atoms with van der Waals surface area (Å²) in [7, 11) is 0. The lowest BCUT2D eigenvalue weighted by Gasteiger charge is -2.38. The van der Waals surface area contributed by atoms with Crippen LogP contribution in [0.25, 0.3) is 0 Å². The smallest absolute Gasteiger partial charge is 0.169 e. The quantitative estimate of drug-likeness (QED) is 0.771. The minimum Gasteiger partial charge on any atom is -0.393 e. The summed E-state index contributed by atoms with van der Waals surface area (Å²) in [6, 6.07) is 0. The monoisotopic (exact) mass is 228 g/mol. The van der Waals surface area contributed by atoms with Crippen molar-refractivity contribution in [3.8, 4) is 0 Å². The first-order valence-corrected chi connectivity index (χ1v) is 6.24. The highest BCUT2D eigenvalue weighted by Gasteiger charge is 2.40. The maximum atomic E-state index is 11.9. The van der Waals surface area contributed by atoms with Crippen LogP contribution >= 0.6 is 0 Å². The fourth-order valence-electron chi connectivity index (χ4n) is 2.68. The van der Waals surface area contributed by atoms with Crippen LogP contribution in [0.3, 0.4) is 0 Å². The molecule has 1 rings (SSSR count). The van der Waals surface area contributed by atoms with Crippen LogP contribution in [0, 0.1) is 17.3 Å². The van der Waals surface area contributed by atoms with Gasteiger partial charge in [-0.3, -0.25) is 4.79 Å². The predicted octanol–water partition coefficient (Wildman–Crippen LogP) is 1.76. The topological polar surface area (TPSA) is 57.5 Å². The van der Waals surface area contributed by atoms with Crippen molar-refractivity contribution in [2.24, 2.45) is 17.3 Å². The molecule has 0 heterocycles. The molecule has 3 nitrogen and oxygen atoms in total. The van der Waals surface area contributed by atoms with E-state index in [0.717, 1.165) is 25.7 Å². The van der Waals surface area contributed by atoms with E-state index < -0.39 is 18.1 Å². The number of ketones is 1. The Labute approximate surface area is 97.9 Å². The molecule has 0 aromatic rings. The Balaban J connectivity index is 2.59. The average molecular weight is 228 g/mol. The SMILES string of the molecule is CC(C)C1CCC(C)(C(=O)C(O)CO)CC1. The van der Waals surface area contributed by atoms with Gasteiger partial charge < -0.3 is 10.2 Å². The predicted molar refractivity (Wildman–Crippen MR) is 63.0 cm³/mol. The summed E-state index contributed by atoms with van der Waals surface area (Å²) in [6.45, 7) is 5.90. The first kappa shape index (κ1) is 13.7. The third-order valence-corrected chi connectivity index (χ3v) is 4.15. The summed E-state index contributed by atoms with van der Waals surface area (Å²) in [4.78, 5) is 11.9. The summed E-state index contributed by atoms with van der Waals surface area (Å²) >= 11 is 0. The number of rotatable bonds is 4. The van der Waals surface area contributed by atoms with Crippen LogP contribution < -0.4 is 0 Å². The Bertz CT molecular complexity index is 240. The normalized spacial score (nSPS) is 32.8. The van der Waals surface area contributed by atoms with Gasteiger partial charge in [0.25, 0.3) is 0 Å². The molecular weight excluding hydrogens is 204 g/mol. The largest absolute Gasteiger partial charge is 0.393 e. The molecule has 2 N–H and O–H groups in total. The molecule has 0 aromatic carbocycles. The van der Waals surface area contributed by atoms with Crippen LogP contribution in [0.5, 0.6) is 0 Å². The van der Waals surface area contributed by atoms with Gasteiger partial charge in [0.1, 0.15) is 6.10 Å². The van der Waals surface area contributed by atoms with E-state index in [0.29, 0.717) is 11.8 Å². The van der Waals surface area contributed by atoms with Gasteiger partial charge in [-0.15, -0.1) is 0 Å². The van der Waals surface area contributed by atoms with E-state index in [1.807, 2.05) is 6.92 Å². The molecule has 16 heavy (non-hydrogen) atoms. The van der Waals surface area contributed by atoms with Gasteiger partial charge in [0.2, 0.25) is 0 Å². The van der Waals surface area contributed by atoms with Gasteiger partial charge in [-0.1, -0.05) is 20.8 Å². The van der Waals surface area contributed by atoms with Gasteiger partial charge in [0, 0.05) is 5.41 Å². The Hall–Kier alpha value is -0.410. The molecular formula is C13H24O3. The van der Waals surface area contributed by atoms with Gasteiger partial charge in [-0.05, 0) is 37.5 Å². The maximum absolute atomic E-state index is 11.9. The van der Waals surface area contributed by atoms with Crippen molar-refractivity contribution in [1.82, 2.24) is 0 Å². The lowest BCUT2D eigenvalue weighted by molar-refractivity contribution is -0.141. The lowest BCUT2D eigenvalue weighted by Crippen LogP contribution is -2.41. The molecule has 1 unspecified atom stereocenters. The zero-order valence-corrected chi connectivity index (χ0v) is 10.6. The molecule has 0 aliphatic heterocycles. The molecule has 1 aliphatic rings. The van der Waals surface area contributed by atoms with Crippen LogP contribution in [0.15, 0.2) is 0 Å². The summed E-state index contributed by atoms with van der Waals surface area (Å²) in [6.07, 6.45) is 2.59. The van der Waals surface area contributed by atoms with Crippen molar-refractivity contribution in [3.05, 3.63) is 0 Å². The molecule has 0 spiro atoms. The van der Waals surface area contributed by atoms with E-state index in [9.17, 15) is 9.90 Å². The van der Waals surface area contributed by atoms with Crippen molar-refractivity contribution in [2.45, 2.75) is 52.6 Å². The van der Waals surface area contributed by atoms with Gasteiger partial charge in [0.15, 0.2) is 5.78 Å². The zero-order chi connectivity index (χ0) is 12.3. The summed E-state index contributed by atoms with van der Waals surface area (Å²) in [5.41, 5.74) is -0.423. The van der Waals surface area contributed by atoms with Crippen molar-refractivity contribution in [3.63, 3.8) is 0 Å². The van der Waals surface area contributed by atoms with Crippen LogP contribution in [0.4, 0.5) is 0 Å². The lowest BCUT2D eigenvalue weighted by atomic mass is 9.66. The summed E-state index contributed by atoms with van der Waals surface area (Å²) in [5.74, 6) is 1.19. The molecule has 0 amide bonds. The molecule has 0 saturated heterocycles. The van der Waals surface area contributed by atoms with Crippen molar-refractivity contribution < 1.29 is 15.0 Å². The molecule has 94 valence electrons. The highest BCUT2D eigenvalue weighted by molar-refractivity contribution is 5.88. The fraction of sp³-hybridized carbons (Fsp3) is 0.923. The molecule has 0 radical (unpaired) electrons. The number of carbonyl (C=O) groups is 1. The average Bonchev–Trinajstić information content (AvgIpc) is 2.27. The molecule has 1 saturated carbocycles. The molecule has 3 heteroatoms. The number of Topliss-reactive ketones (excluding diaryl/α,β-unsaturated/α-hetero) is 1. The van der Waals surface area contributed by atoms with E-state index in [1.165, 1.54) is 0 Å². The van der Waals surface area contributed by atoms with Crippen LogP contribution in [-0.2, 0) is 4.79 Å². The van der Waals surface area contributed by atoms with E-state index in [4.69, 9.17) is 5.11 Å². The third kappa shape index (κ3) is 2.83. The van der Waals surface area contributed by atoms with Gasteiger partial charge in [-0.2, -0.15) is 0 Å². The fourth-order valence-corrected chi connectivity index (χ4v) is 2.68. The molecule has 1 atom stereocenters. The van der Waals surface area contributed by atoms with Gasteiger partial charge >= 0.3 is 0 Å². The Morgan fingerprint density at radius 2 is 1.88 bits per heavy atom. The number of aliphatic hydroxyl groups is 2. The second-order valence-corrected chi connectivity index (χ2v) is 5.70. The summed E-state index contributed by atoms with van der Waals surface area (Å²) in [5, 5.41) is 18.2. The molecule has 1 aliphatic carbocycles. The second-order valence-electron chi connectivity index (χ2n) is 5.70. The Kier molecular flexibility index (Phi) is 4.51. The molecule has 1 fully saturated rings. The third-order valence-electron chi connectivity index (χ3n) is 4.15. The number of hydrogen-bond donors (Lipinski definition) is 2. The van der Waals surface area contributed by atoms with Crippen molar-refractivity contribution in [1.29, 1.82) is 0 Å². The van der Waals surface area contributed by atoms with Crippen molar-refractivity contribution >= 4 is 5.78 Å². The number of aliphatic hydroxyl groups excluding tert-OH is 2. The van der Waals surface area contributed by atoms with Gasteiger partial charge in [-0.25, -0.2) is 0 Å².